The lowest BCUT2D eigenvalue weighted by atomic mass is 9.43. The summed E-state index contributed by atoms with van der Waals surface area (Å²) in [5.41, 5.74) is 3.23. The third-order valence-corrected chi connectivity index (χ3v) is 19.3. The zero-order chi connectivity index (χ0) is 35.8. The largest absolute Gasteiger partial charge is 0.465 e. The minimum Gasteiger partial charge on any atom is -0.465 e. The molecule has 0 N–H and O–H groups in total. The summed E-state index contributed by atoms with van der Waals surface area (Å²) in [6.45, 7) is 12.7. The molecule has 0 bridgehead atoms. The first-order chi connectivity index (χ1) is 24.2. The Kier molecular flexibility index (Phi) is 7.68. The van der Waals surface area contributed by atoms with Gasteiger partial charge in [0.2, 0.25) is 0 Å². The highest BCUT2D eigenvalue weighted by Gasteiger charge is 2.70. The molecule has 13 atom stereocenters. The van der Waals surface area contributed by atoms with Gasteiger partial charge in [-0.2, -0.15) is 0 Å². The van der Waals surface area contributed by atoms with Gasteiger partial charge in [-0.25, -0.2) is 0 Å². The van der Waals surface area contributed by atoms with Gasteiger partial charge in [0, 0.05) is 23.7 Å². The highest BCUT2D eigenvalue weighted by Crippen LogP contribution is 2.74. The standard InChI is InChI=1S/C23H32O3.C23H30O2/c1-14-12-15-13-16(24)4-7-21(15,2)17-5-8-22(3)18(19(14)17)6-9-23(22)10-11-26-20(23)25;1-21-11-7-16(24)14-15(21)5-6-17-18(21)8-12-22(2)19(17)9-13-23(22)10-3-4-20(23)25/h13-14,17-19H,4-12H2,1-3H3;7,11,14,17-19H,3-6,8-10,12-13H2,1-2H3/t14-,17?,18?,19?,21?,22?,23?;/m1./s1. The number of rotatable bonds is 0. The lowest BCUT2D eigenvalue weighted by Crippen LogP contribution is -2.55. The molecule has 0 aromatic carbocycles. The van der Waals surface area contributed by atoms with Crippen LogP contribution >= 0.6 is 0 Å². The van der Waals surface area contributed by atoms with E-state index in [4.69, 9.17) is 4.74 Å². The van der Waals surface area contributed by atoms with Gasteiger partial charge in [-0.05, 0) is 172 Å². The van der Waals surface area contributed by atoms with Crippen LogP contribution in [0.1, 0.15) is 144 Å². The lowest BCUT2D eigenvalue weighted by molar-refractivity contribution is -0.158. The third-order valence-electron chi connectivity index (χ3n) is 19.3. The summed E-state index contributed by atoms with van der Waals surface area (Å²) in [4.78, 5) is 49.5. The predicted octanol–water partition coefficient (Wildman–Crippen LogP) is 9.73. The fourth-order valence-electron chi connectivity index (χ4n) is 16.5. The molecule has 8 fully saturated rings. The Labute approximate surface area is 306 Å². The van der Waals surface area contributed by atoms with Crippen LogP contribution < -0.4 is 0 Å². The number of ether oxygens (including phenoxy) is 1. The first-order valence-corrected chi connectivity index (χ1v) is 21.1. The van der Waals surface area contributed by atoms with Crippen LogP contribution in [0.4, 0.5) is 0 Å². The maximum atomic E-state index is 12.9. The minimum absolute atomic E-state index is 0.0119. The van der Waals surface area contributed by atoms with Crippen LogP contribution in [0.15, 0.2) is 35.5 Å². The lowest BCUT2D eigenvalue weighted by Gasteiger charge is -2.61. The van der Waals surface area contributed by atoms with Gasteiger partial charge in [-0.3, -0.25) is 19.2 Å². The van der Waals surface area contributed by atoms with Gasteiger partial charge in [0.15, 0.2) is 11.6 Å². The molecule has 276 valence electrons. The summed E-state index contributed by atoms with van der Waals surface area (Å²) >= 11 is 0. The second-order valence-electron chi connectivity index (χ2n) is 20.4. The van der Waals surface area contributed by atoms with Crippen molar-refractivity contribution in [3.05, 3.63) is 35.5 Å². The van der Waals surface area contributed by atoms with Gasteiger partial charge in [0.05, 0.1) is 12.0 Å². The fourth-order valence-corrected chi connectivity index (χ4v) is 16.5. The van der Waals surface area contributed by atoms with E-state index in [1.54, 1.807) is 6.08 Å². The Morgan fingerprint density at radius 2 is 1.37 bits per heavy atom. The van der Waals surface area contributed by atoms with E-state index in [9.17, 15) is 19.2 Å². The topological polar surface area (TPSA) is 77.5 Å². The van der Waals surface area contributed by atoms with Crippen LogP contribution in [0.25, 0.3) is 0 Å². The second-order valence-corrected chi connectivity index (χ2v) is 20.4. The van der Waals surface area contributed by atoms with Gasteiger partial charge >= 0.3 is 5.97 Å². The molecule has 9 aliphatic carbocycles. The summed E-state index contributed by atoms with van der Waals surface area (Å²) in [5.74, 6) is 5.89. The van der Waals surface area contributed by atoms with Crippen LogP contribution in [0, 0.1) is 73.9 Å². The molecule has 10 aliphatic rings. The van der Waals surface area contributed by atoms with Crippen molar-refractivity contribution < 1.29 is 23.9 Å². The molecular formula is C46H62O5. The molecule has 0 aromatic rings. The average Bonchev–Trinajstić information content (AvgIpc) is 3.84. The van der Waals surface area contributed by atoms with E-state index in [-0.39, 0.29) is 44.2 Å². The smallest absolute Gasteiger partial charge is 0.312 e. The van der Waals surface area contributed by atoms with Crippen molar-refractivity contribution in [2.75, 3.05) is 6.61 Å². The zero-order valence-electron chi connectivity index (χ0n) is 32.1. The van der Waals surface area contributed by atoms with Crippen molar-refractivity contribution in [2.45, 2.75) is 144 Å². The Hall–Kier alpha value is -2.30. The maximum Gasteiger partial charge on any atom is 0.312 e. The summed E-state index contributed by atoms with van der Waals surface area (Å²) in [5, 5.41) is 0. The number of esters is 1. The number of Topliss-reactive ketones (excluding diaryl/α,β-unsaturated/α-hetero) is 1. The maximum absolute atomic E-state index is 12.9. The van der Waals surface area contributed by atoms with E-state index in [0.717, 1.165) is 76.5 Å². The SMILES string of the molecule is CC12C=CC(=O)C=C1CCC1C2CCC2(C)C1CCC21CCCC1=O.C[C@@H]1CC2=CC(=O)CCC2(C)C2CCC3(C)C(CCC34CCOC4=O)C21. The summed E-state index contributed by atoms with van der Waals surface area (Å²) < 4.78 is 5.50. The van der Waals surface area contributed by atoms with Crippen LogP contribution in [0.5, 0.6) is 0 Å². The van der Waals surface area contributed by atoms with Gasteiger partial charge in [0.1, 0.15) is 5.78 Å². The Balaban J connectivity index is 0.000000137. The molecule has 1 heterocycles. The summed E-state index contributed by atoms with van der Waals surface area (Å²) in [6.07, 6.45) is 26.5. The van der Waals surface area contributed by atoms with E-state index in [1.165, 1.54) is 49.7 Å². The highest BCUT2D eigenvalue weighted by atomic mass is 16.5. The third kappa shape index (κ3) is 4.39. The van der Waals surface area contributed by atoms with E-state index in [2.05, 4.69) is 40.7 Å². The number of hydrogen-bond acceptors (Lipinski definition) is 5. The molecule has 1 saturated heterocycles. The zero-order valence-corrected chi connectivity index (χ0v) is 32.1. The number of carbonyl (C=O) groups excluding carboxylic acids is 4. The molecule has 10 rings (SSSR count). The quantitative estimate of drug-likeness (QED) is 0.236. The van der Waals surface area contributed by atoms with Crippen LogP contribution in [0.2, 0.25) is 0 Å². The number of allylic oxidation sites excluding steroid dienone is 5. The molecule has 0 aromatic heterocycles. The highest BCUT2D eigenvalue weighted by molar-refractivity contribution is 6.01. The monoisotopic (exact) mass is 694 g/mol. The second kappa shape index (κ2) is 11.4. The van der Waals surface area contributed by atoms with Gasteiger partial charge in [0.25, 0.3) is 0 Å². The molecule has 1 aliphatic heterocycles. The predicted molar refractivity (Wildman–Crippen MR) is 197 cm³/mol. The van der Waals surface area contributed by atoms with Crippen LogP contribution in [0.3, 0.4) is 0 Å². The Morgan fingerprint density at radius 1 is 0.667 bits per heavy atom. The first-order valence-electron chi connectivity index (χ1n) is 21.1. The van der Waals surface area contributed by atoms with Crippen molar-refractivity contribution in [1.29, 1.82) is 0 Å². The number of fused-ring (bicyclic) bond motifs is 12. The molecule has 7 saturated carbocycles. The number of ketones is 3. The van der Waals surface area contributed by atoms with E-state index in [0.29, 0.717) is 53.7 Å². The summed E-state index contributed by atoms with van der Waals surface area (Å²) in [6, 6.07) is 0. The Bertz CT molecular complexity index is 1670. The number of carbonyl (C=O) groups is 4. The van der Waals surface area contributed by atoms with Crippen LogP contribution in [-0.4, -0.2) is 29.9 Å². The first kappa shape index (κ1) is 34.5. The number of cyclic esters (lactones) is 1. The fraction of sp³-hybridized carbons (Fsp3) is 0.783. The van der Waals surface area contributed by atoms with Gasteiger partial charge < -0.3 is 4.74 Å². The molecular weight excluding hydrogens is 633 g/mol. The molecule has 2 spiro atoms. The molecule has 5 heteroatoms. The molecule has 0 radical (unpaired) electrons. The normalized spacial score (nSPS) is 52.1. The van der Waals surface area contributed by atoms with Crippen molar-refractivity contribution in [2.24, 2.45) is 73.9 Å². The Morgan fingerprint density at radius 3 is 2.10 bits per heavy atom. The van der Waals surface area contributed by atoms with Crippen molar-refractivity contribution in [3.8, 4) is 0 Å². The summed E-state index contributed by atoms with van der Waals surface area (Å²) in [7, 11) is 0. The van der Waals surface area contributed by atoms with E-state index >= 15 is 0 Å². The molecule has 0 amide bonds. The number of hydrogen-bond donors (Lipinski definition) is 0. The molecule has 51 heavy (non-hydrogen) atoms. The van der Waals surface area contributed by atoms with E-state index < -0.39 is 0 Å². The van der Waals surface area contributed by atoms with E-state index in [1.807, 2.05) is 12.2 Å². The average molecular weight is 695 g/mol. The van der Waals surface area contributed by atoms with Crippen molar-refractivity contribution in [3.63, 3.8) is 0 Å². The van der Waals surface area contributed by atoms with Gasteiger partial charge in [-0.15, -0.1) is 0 Å². The van der Waals surface area contributed by atoms with Crippen molar-refractivity contribution in [1.82, 2.24) is 0 Å². The minimum atomic E-state index is -0.206. The molecule has 12 unspecified atom stereocenters. The van der Waals surface area contributed by atoms with Crippen molar-refractivity contribution >= 4 is 23.3 Å². The molecule has 5 nitrogen and oxygen atoms in total. The van der Waals surface area contributed by atoms with Gasteiger partial charge in [-0.1, -0.05) is 51.8 Å². The van der Waals surface area contributed by atoms with Crippen LogP contribution in [-0.2, 0) is 23.9 Å².